The Hall–Kier alpha value is -7.43. The fourth-order valence-corrected chi connectivity index (χ4v) is 7.65. The largest absolute Gasteiger partial charge is 0.309 e. The van der Waals surface area contributed by atoms with Crippen LogP contribution in [0, 0.1) is 0 Å². The molecule has 0 aliphatic heterocycles. The molecule has 0 radical (unpaired) electrons. The number of para-hydroxylation sites is 1. The van der Waals surface area contributed by atoms with Crippen LogP contribution in [0.2, 0.25) is 0 Å². The van der Waals surface area contributed by atoms with Crippen LogP contribution in [-0.4, -0.2) is 19.5 Å². The van der Waals surface area contributed by atoms with Gasteiger partial charge in [0.25, 0.3) is 0 Å². The Kier molecular flexibility index (Phi) is 8.12. The molecule has 0 bridgehead atoms. The summed E-state index contributed by atoms with van der Waals surface area (Å²) in [6.45, 7) is 0. The molecule has 8 aromatic carbocycles. The van der Waals surface area contributed by atoms with Gasteiger partial charge in [0.1, 0.15) is 0 Å². The third-order valence-corrected chi connectivity index (χ3v) is 10.3. The molecule has 0 aliphatic rings. The van der Waals surface area contributed by atoms with Crippen molar-refractivity contribution in [2.75, 3.05) is 0 Å². The first-order valence-corrected chi connectivity index (χ1v) is 18.5. The highest BCUT2D eigenvalue weighted by molar-refractivity contribution is 6.11. The van der Waals surface area contributed by atoms with E-state index in [-0.39, 0.29) is 0 Å². The molecule has 4 heteroatoms. The minimum atomic E-state index is 0.618. The SMILES string of the molecule is c1ccc(-c2ccc3c(c2)c2ccccc2n3-c2ccc(-c3nc(-c4ccccc4)nc(-c4ccccc4)n3)cc2-c2ccccc2-c2ccccc2)cc1. The first-order valence-electron chi connectivity index (χ1n) is 18.5. The lowest BCUT2D eigenvalue weighted by molar-refractivity contribution is 1.07. The number of fused-ring (bicyclic) bond motifs is 3. The molecule has 10 aromatic rings. The third-order valence-electron chi connectivity index (χ3n) is 10.3. The van der Waals surface area contributed by atoms with Crippen molar-refractivity contribution < 1.29 is 0 Å². The first kappa shape index (κ1) is 32.2. The molecule has 2 heterocycles. The molecule has 55 heavy (non-hydrogen) atoms. The highest BCUT2D eigenvalue weighted by Crippen LogP contribution is 2.42. The molecule has 258 valence electrons. The summed E-state index contributed by atoms with van der Waals surface area (Å²) in [6, 6.07) is 72.4. The van der Waals surface area contributed by atoms with Crippen LogP contribution in [0.25, 0.3) is 95.0 Å². The maximum absolute atomic E-state index is 5.12. The Morgan fingerprint density at radius 3 is 1.38 bits per heavy atom. The fraction of sp³-hybridized carbons (Fsp3) is 0. The third kappa shape index (κ3) is 5.96. The summed E-state index contributed by atoms with van der Waals surface area (Å²) in [5.41, 5.74) is 13.1. The van der Waals surface area contributed by atoms with Crippen LogP contribution in [0.3, 0.4) is 0 Å². The summed E-state index contributed by atoms with van der Waals surface area (Å²) < 4.78 is 2.42. The highest BCUT2D eigenvalue weighted by atomic mass is 15.0. The summed E-state index contributed by atoms with van der Waals surface area (Å²) in [5.74, 6) is 1.89. The van der Waals surface area contributed by atoms with Crippen molar-refractivity contribution in [1.29, 1.82) is 0 Å². The van der Waals surface area contributed by atoms with Crippen molar-refractivity contribution in [1.82, 2.24) is 19.5 Å². The van der Waals surface area contributed by atoms with Gasteiger partial charge in [-0.2, -0.15) is 0 Å². The van der Waals surface area contributed by atoms with Crippen molar-refractivity contribution >= 4 is 21.8 Å². The van der Waals surface area contributed by atoms with Crippen molar-refractivity contribution in [3.05, 3.63) is 206 Å². The van der Waals surface area contributed by atoms with Gasteiger partial charge in [-0.25, -0.2) is 15.0 Å². The minimum absolute atomic E-state index is 0.618. The lowest BCUT2D eigenvalue weighted by atomic mass is 9.92. The van der Waals surface area contributed by atoms with Crippen molar-refractivity contribution in [3.63, 3.8) is 0 Å². The maximum Gasteiger partial charge on any atom is 0.164 e. The van der Waals surface area contributed by atoms with E-state index in [4.69, 9.17) is 15.0 Å². The van der Waals surface area contributed by atoms with Crippen molar-refractivity contribution in [2.45, 2.75) is 0 Å². The summed E-state index contributed by atoms with van der Waals surface area (Å²) in [5, 5.41) is 2.42. The van der Waals surface area contributed by atoms with Crippen LogP contribution in [0.15, 0.2) is 206 Å². The number of hydrogen-bond acceptors (Lipinski definition) is 3. The zero-order valence-corrected chi connectivity index (χ0v) is 29.9. The number of hydrogen-bond donors (Lipinski definition) is 0. The number of aromatic nitrogens is 4. The van der Waals surface area contributed by atoms with Gasteiger partial charge in [0, 0.05) is 33.0 Å². The number of rotatable bonds is 7. The van der Waals surface area contributed by atoms with E-state index < -0.39 is 0 Å². The van der Waals surface area contributed by atoms with Crippen LogP contribution in [0.1, 0.15) is 0 Å². The van der Waals surface area contributed by atoms with Crippen molar-refractivity contribution in [2.24, 2.45) is 0 Å². The summed E-state index contributed by atoms with van der Waals surface area (Å²) in [7, 11) is 0. The van der Waals surface area contributed by atoms with Crippen LogP contribution < -0.4 is 0 Å². The second-order valence-electron chi connectivity index (χ2n) is 13.6. The molecule has 0 unspecified atom stereocenters. The molecule has 0 saturated heterocycles. The summed E-state index contributed by atoms with van der Waals surface area (Å²) >= 11 is 0. The standard InChI is InChI=1S/C51H34N4/c1-5-17-35(18-6-1)39-29-31-48-45(33-39)43-27-15-16-28-46(43)55(48)47-32-30-40(34-44(47)42-26-14-13-25-41(42)36-19-7-2-8-20-36)51-53-49(37-21-9-3-10-22-37)52-50(54-51)38-23-11-4-12-24-38/h1-34H. The lowest BCUT2D eigenvalue weighted by Gasteiger charge is -2.18. The zero-order valence-electron chi connectivity index (χ0n) is 29.9. The number of benzene rings is 8. The quantitative estimate of drug-likeness (QED) is 0.166. The van der Waals surface area contributed by atoms with Crippen LogP contribution in [-0.2, 0) is 0 Å². The Morgan fingerprint density at radius 1 is 0.273 bits per heavy atom. The first-order chi connectivity index (χ1) is 27.3. The van der Waals surface area contributed by atoms with Gasteiger partial charge >= 0.3 is 0 Å². The highest BCUT2D eigenvalue weighted by Gasteiger charge is 2.20. The van der Waals surface area contributed by atoms with E-state index in [0.29, 0.717) is 17.5 Å². The summed E-state index contributed by atoms with van der Waals surface area (Å²) in [6.07, 6.45) is 0. The Bertz CT molecular complexity index is 2900. The van der Waals surface area contributed by atoms with Crippen LogP contribution in [0.5, 0.6) is 0 Å². The van der Waals surface area contributed by atoms with Crippen molar-refractivity contribution in [3.8, 4) is 73.2 Å². The van der Waals surface area contributed by atoms with Gasteiger partial charge in [-0.1, -0.05) is 170 Å². The molecule has 0 atom stereocenters. The predicted molar refractivity (Wildman–Crippen MR) is 227 cm³/mol. The van der Waals surface area contributed by atoms with Gasteiger partial charge in [0.05, 0.1) is 16.7 Å². The van der Waals surface area contributed by atoms with Gasteiger partial charge < -0.3 is 4.57 Å². The second-order valence-corrected chi connectivity index (χ2v) is 13.6. The maximum atomic E-state index is 5.12. The van der Waals surface area contributed by atoms with E-state index in [2.05, 4.69) is 150 Å². The molecule has 0 aliphatic carbocycles. The van der Waals surface area contributed by atoms with Gasteiger partial charge in [-0.3, -0.25) is 0 Å². The second kappa shape index (κ2) is 13.8. The molecule has 0 fully saturated rings. The van der Waals surface area contributed by atoms with E-state index in [1.807, 2.05) is 60.7 Å². The van der Waals surface area contributed by atoms with Crippen LogP contribution >= 0.6 is 0 Å². The van der Waals surface area contributed by atoms with Gasteiger partial charge in [0.15, 0.2) is 17.5 Å². The normalized spacial score (nSPS) is 11.3. The molecule has 0 N–H and O–H groups in total. The fourth-order valence-electron chi connectivity index (χ4n) is 7.65. The molecule has 2 aromatic heterocycles. The molecule has 10 rings (SSSR count). The Labute approximate surface area is 319 Å². The van der Waals surface area contributed by atoms with E-state index in [1.165, 1.54) is 21.9 Å². The molecule has 0 amide bonds. The Morgan fingerprint density at radius 2 is 0.745 bits per heavy atom. The molecule has 0 saturated carbocycles. The minimum Gasteiger partial charge on any atom is -0.309 e. The summed E-state index contributed by atoms with van der Waals surface area (Å²) in [4.78, 5) is 15.2. The number of nitrogens with zero attached hydrogens (tertiary/aromatic N) is 4. The molecular formula is C51H34N4. The predicted octanol–water partition coefficient (Wildman–Crippen LogP) is 13.0. The van der Waals surface area contributed by atoms with Gasteiger partial charge in [0.2, 0.25) is 0 Å². The van der Waals surface area contributed by atoms with E-state index in [1.54, 1.807) is 0 Å². The Balaban J connectivity index is 1.24. The van der Waals surface area contributed by atoms with Crippen LogP contribution in [0.4, 0.5) is 0 Å². The van der Waals surface area contributed by atoms with E-state index in [9.17, 15) is 0 Å². The average molecular weight is 703 g/mol. The van der Waals surface area contributed by atoms with Gasteiger partial charge in [-0.15, -0.1) is 0 Å². The molecular weight excluding hydrogens is 669 g/mol. The smallest absolute Gasteiger partial charge is 0.164 e. The lowest BCUT2D eigenvalue weighted by Crippen LogP contribution is -2.02. The monoisotopic (exact) mass is 702 g/mol. The average Bonchev–Trinajstić information content (AvgIpc) is 3.61. The topological polar surface area (TPSA) is 43.6 Å². The molecule has 0 spiro atoms. The van der Waals surface area contributed by atoms with Gasteiger partial charge in [-0.05, 0) is 64.2 Å². The van der Waals surface area contributed by atoms with E-state index in [0.717, 1.165) is 55.7 Å². The van der Waals surface area contributed by atoms with E-state index >= 15 is 0 Å². The zero-order chi connectivity index (χ0) is 36.6. The molecule has 4 nitrogen and oxygen atoms in total.